The lowest BCUT2D eigenvalue weighted by Gasteiger charge is -2.19. The van der Waals surface area contributed by atoms with Crippen molar-refractivity contribution in [2.75, 3.05) is 12.4 Å². The molecule has 0 saturated heterocycles. The maximum absolute atomic E-state index is 14.6. The van der Waals surface area contributed by atoms with Gasteiger partial charge in [-0.25, -0.2) is 19.3 Å². The van der Waals surface area contributed by atoms with Gasteiger partial charge in [0.25, 0.3) is 0 Å². The molecular formula is C13H16FN5O3. The number of rotatable bonds is 3. The van der Waals surface area contributed by atoms with Crippen LogP contribution in [0.5, 0.6) is 0 Å². The Kier molecular flexibility index (Phi) is 3.55. The summed E-state index contributed by atoms with van der Waals surface area (Å²) in [6.07, 6.45) is -1.50. The van der Waals surface area contributed by atoms with Crippen LogP contribution < -0.4 is 5.32 Å². The summed E-state index contributed by atoms with van der Waals surface area (Å²) in [5, 5.41) is 32.5. The van der Waals surface area contributed by atoms with Crippen LogP contribution in [-0.2, 0) is 0 Å². The standard InChI is InChI=1S/C13H16FN5O3/c1-5(20)6-7(14)9(11(22)10(6)21)19-4-18-8-12(15-2)16-3-17-13(8)19/h3-5,9-11,20-22H,1-2H3,(H,15,16,17)/t5?,9-,10-,11+/m1/s1. The zero-order chi connectivity index (χ0) is 16.0. The predicted molar refractivity (Wildman–Crippen MR) is 75.7 cm³/mol. The first kappa shape index (κ1) is 14.8. The van der Waals surface area contributed by atoms with Crippen LogP contribution in [0.4, 0.5) is 10.2 Å². The number of aromatic nitrogens is 4. The lowest BCUT2D eigenvalue weighted by Crippen LogP contribution is -2.31. The first-order valence-corrected chi connectivity index (χ1v) is 6.76. The first-order chi connectivity index (χ1) is 10.5. The van der Waals surface area contributed by atoms with Crippen LogP contribution in [0.3, 0.4) is 0 Å². The normalized spacial score (nSPS) is 26.7. The number of hydrogen-bond acceptors (Lipinski definition) is 7. The molecule has 118 valence electrons. The largest absolute Gasteiger partial charge is 0.389 e. The fourth-order valence-electron chi connectivity index (χ4n) is 2.79. The fraction of sp³-hybridized carbons (Fsp3) is 0.462. The molecule has 0 aromatic carbocycles. The quantitative estimate of drug-likeness (QED) is 0.617. The summed E-state index contributed by atoms with van der Waals surface area (Å²) in [6, 6.07) is -1.19. The number of aliphatic hydroxyl groups excluding tert-OH is 3. The van der Waals surface area contributed by atoms with E-state index in [0.29, 0.717) is 17.0 Å². The van der Waals surface area contributed by atoms with E-state index in [1.807, 2.05) is 0 Å². The lowest BCUT2D eigenvalue weighted by molar-refractivity contribution is 0.0217. The molecule has 2 aromatic rings. The summed E-state index contributed by atoms with van der Waals surface area (Å²) in [7, 11) is 1.67. The van der Waals surface area contributed by atoms with Gasteiger partial charge in [0.1, 0.15) is 35.9 Å². The van der Waals surface area contributed by atoms with E-state index in [4.69, 9.17) is 0 Å². The molecule has 2 heterocycles. The summed E-state index contributed by atoms with van der Waals surface area (Å²) >= 11 is 0. The van der Waals surface area contributed by atoms with E-state index >= 15 is 0 Å². The minimum absolute atomic E-state index is 0.220. The van der Waals surface area contributed by atoms with Gasteiger partial charge < -0.3 is 25.2 Å². The number of nitrogens with zero attached hydrogens (tertiary/aromatic N) is 4. The molecule has 9 heteroatoms. The van der Waals surface area contributed by atoms with Crippen LogP contribution in [0.15, 0.2) is 24.1 Å². The second kappa shape index (κ2) is 5.27. The molecule has 1 aliphatic rings. The highest BCUT2D eigenvalue weighted by atomic mass is 19.1. The van der Waals surface area contributed by atoms with E-state index in [9.17, 15) is 19.7 Å². The van der Waals surface area contributed by atoms with Gasteiger partial charge in [-0.05, 0) is 6.92 Å². The van der Waals surface area contributed by atoms with Gasteiger partial charge in [-0.3, -0.25) is 0 Å². The molecule has 0 aliphatic heterocycles. The number of fused-ring (bicyclic) bond motifs is 1. The smallest absolute Gasteiger partial charge is 0.166 e. The van der Waals surface area contributed by atoms with Crippen molar-refractivity contribution >= 4 is 17.0 Å². The van der Waals surface area contributed by atoms with Crippen LogP contribution in [0.25, 0.3) is 11.2 Å². The number of imidazole rings is 1. The molecule has 0 amide bonds. The van der Waals surface area contributed by atoms with Crippen LogP contribution in [0.2, 0.25) is 0 Å². The number of halogens is 1. The van der Waals surface area contributed by atoms with Gasteiger partial charge in [-0.15, -0.1) is 0 Å². The molecule has 4 atom stereocenters. The SMILES string of the molecule is CNc1ncnc2c1ncn2[C@@H]1C(F)=C(C(C)O)[C@@H](O)[C@H]1O. The molecule has 2 aromatic heterocycles. The molecule has 3 rings (SSSR count). The highest BCUT2D eigenvalue weighted by molar-refractivity contribution is 5.82. The van der Waals surface area contributed by atoms with E-state index in [-0.39, 0.29) is 5.57 Å². The molecule has 0 bridgehead atoms. The maximum Gasteiger partial charge on any atom is 0.166 e. The van der Waals surface area contributed by atoms with Gasteiger partial charge in [0.15, 0.2) is 11.5 Å². The maximum atomic E-state index is 14.6. The highest BCUT2D eigenvalue weighted by Crippen LogP contribution is 2.40. The Morgan fingerprint density at radius 2 is 2.05 bits per heavy atom. The Labute approximate surface area is 125 Å². The van der Waals surface area contributed by atoms with Crippen LogP contribution in [0, 0.1) is 0 Å². The van der Waals surface area contributed by atoms with Crippen LogP contribution in [0.1, 0.15) is 13.0 Å². The Bertz CT molecular complexity index is 744. The summed E-state index contributed by atoms with van der Waals surface area (Å²) in [5.41, 5.74) is 0.518. The van der Waals surface area contributed by atoms with Crippen LogP contribution in [-0.4, -0.2) is 60.2 Å². The predicted octanol–water partition coefficient (Wildman–Crippen LogP) is -0.251. The third-order valence-corrected chi connectivity index (χ3v) is 3.85. The van der Waals surface area contributed by atoms with Gasteiger partial charge >= 0.3 is 0 Å². The van der Waals surface area contributed by atoms with Gasteiger partial charge in [0, 0.05) is 12.6 Å². The Morgan fingerprint density at radius 3 is 2.64 bits per heavy atom. The minimum atomic E-state index is -1.48. The molecule has 4 N–H and O–H groups in total. The zero-order valence-corrected chi connectivity index (χ0v) is 12.0. The van der Waals surface area contributed by atoms with Crippen molar-refractivity contribution in [3.63, 3.8) is 0 Å². The van der Waals surface area contributed by atoms with Gasteiger partial charge in [0.05, 0.1) is 12.4 Å². The number of nitrogens with one attached hydrogen (secondary N) is 1. The second-order valence-corrected chi connectivity index (χ2v) is 5.16. The molecule has 1 aliphatic carbocycles. The second-order valence-electron chi connectivity index (χ2n) is 5.16. The fourth-order valence-corrected chi connectivity index (χ4v) is 2.79. The van der Waals surface area contributed by atoms with Crippen molar-refractivity contribution in [1.82, 2.24) is 19.5 Å². The Hall–Kier alpha value is -2.10. The number of aliphatic hydroxyl groups is 3. The highest BCUT2D eigenvalue weighted by Gasteiger charge is 2.45. The van der Waals surface area contributed by atoms with E-state index < -0.39 is 30.2 Å². The van der Waals surface area contributed by atoms with Gasteiger partial charge in [0.2, 0.25) is 0 Å². The molecule has 0 radical (unpaired) electrons. The Balaban J connectivity index is 2.16. The van der Waals surface area contributed by atoms with E-state index in [1.165, 1.54) is 24.1 Å². The zero-order valence-electron chi connectivity index (χ0n) is 12.0. The van der Waals surface area contributed by atoms with Crippen molar-refractivity contribution in [1.29, 1.82) is 0 Å². The molecular weight excluding hydrogens is 293 g/mol. The summed E-state index contributed by atoms with van der Waals surface area (Å²) in [4.78, 5) is 12.2. The van der Waals surface area contributed by atoms with E-state index in [2.05, 4.69) is 20.3 Å². The number of anilines is 1. The minimum Gasteiger partial charge on any atom is -0.389 e. The summed E-state index contributed by atoms with van der Waals surface area (Å²) in [5.74, 6) is -0.309. The van der Waals surface area contributed by atoms with E-state index in [1.54, 1.807) is 7.05 Å². The average molecular weight is 309 g/mol. The summed E-state index contributed by atoms with van der Waals surface area (Å²) < 4.78 is 15.9. The lowest BCUT2D eigenvalue weighted by atomic mass is 10.1. The van der Waals surface area contributed by atoms with Crippen molar-refractivity contribution < 1.29 is 19.7 Å². The topological polar surface area (TPSA) is 116 Å². The van der Waals surface area contributed by atoms with Crippen molar-refractivity contribution in [3.05, 3.63) is 24.1 Å². The molecule has 22 heavy (non-hydrogen) atoms. The third-order valence-electron chi connectivity index (χ3n) is 3.85. The van der Waals surface area contributed by atoms with Crippen molar-refractivity contribution in [2.24, 2.45) is 0 Å². The average Bonchev–Trinajstić information content (AvgIpc) is 2.99. The van der Waals surface area contributed by atoms with Crippen molar-refractivity contribution in [3.8, 4) is 0 Å². The molecule has 0 saturated carbocycles. The Morgan fingerprint density at radius 1 is 1.32 bits per heavy atom. The number of hydrogen-bond donors (Lipinski definition) is 4. The van der Waals surface area contributed by atoms with E-state index in [0.717, 1.165) is 0 Å². The van der Waals surface area contributed by atoms with Crippen molar-refractivity contribution in [2.45, 2.75) is 31.3 Å². The molecule has 8 nitrogen and oxygen atoms in total. The van der Waals surface area contributed by atoms with Crippen LogP contribution >= 0.6 is 0 Å². The first-order valence-electron chi connectivity index (χ1n) is 6.76. The summed E-state index contributed by atoms with van der Waals surface area (Å²) in [6.45, 7) is 1.33. The third kappa shape index (κ3) is 1.97. The van der Waals surface area contributed by atoms with Gasteiger partial charge in [-0.2, -0.15) is 0 Å². The molecule has 1 unspecified atom stereocenters. The monoisotopic (exact) mass is 309 g/mol. The van der Waals surface area contributed by atoms with Gasteiger partial charge in [-0.1, -0.05) is 0 Å². The molecule has 0 spiro atoms. The molecule has 0 fully saturated rings.